The van der Waals surface area contributed by atoms with Gasteiger partial charge in [0, 0.05) is 19.2 Å². The van der Waals surface area contributed by atoms with Crippen LogP contribution in [0.15, 0.2) is 0 Å². The summed E-state index contributed by atoms with van der Waals surface area (Å²) in [5.41, 5.74) is 0. The Labute approximate surface area is 75.0 Å². The molecule has 68 valence electrons. The smallest absolute Gasteiger partial charge is 0.0443 e. The molecule has 0 radical (unpaired) electrons. The summed E-state index contributed by atoms with van der Waals surface area (Å²) in [6.45, 7) is 4.92. The zero-order valence-electron chi connectivity index (χ0n) is 7.12. The van der Waals surface area contributed by atoms with Crippen molar-refractivity contribution in [2.45, 2.75) is 32.2 Å². The maximum atomic E-state index is 8.59. The molecule has 0 aromatic heterocycles. The lowest BCUT2D eigenvalue weighted by Gasteiger charge is -2.19. The summed E-state index contributed by atoms with van der Waals surface area (Å²) in [7, 11) is 0. The number of hydrogen-bond donors (Lipinski definition) is 1. The molecule has 0 saturated carbocycles. The molecule has 1 N–H and O–H groups in total. The zero-order valence-corrected chi connectivity index (χ0v) is 7.94. The molecule has 1 atom stereocenters. The third kappa shape index (κ3) is 3.41. The predicted octanol–water partition coefficient (Wildman–Crippen LogP) is 1.27. The largest absolute Gasteiger partial charge is 0.396 e. The van der Waals surface area contributed by atoms with Crippen molar-refractivity contribution in [1.82, 2.24) is 4.90 Å². The minimum absolute atomic E-state index is 0. The average molecular weight is 180 g/mol. The number of halogens is 1. The van der Waals surface area contributed by atoms with Gasteiger partial charge in [-0.2, -0.15) is 0 Å². The molecular formula is C8H18ClNO. The molecule has 1 saturated heterocycles. The summed E-state index contributed by atoms with van der Waals surface area (Å²) >= 11 is 0. The van der Waals surface area contributed by atoms with Crippen LogP contribution >= 0.6 is 12.4 Å². The Morgan fingerprint density at radius 1 is 1.55 bits per heavy atom. The molecule has 11 heavy (non-hydrogen) atoms. The van der Waals surface area contributed by atoms with Crippen LogP contribution in [0.1, 0.15) is 26.2 Å². The van der Waals surface area contributed by atoms with E-state index in [4.69, 9.17) is 5.11 Å². The first kappa shape index (κ1) is 11.2. The predicted molar refractivity (Wildman–Crippen MR) is 49.2 cm³/mol. The molecule has 0 bridgehead atoms. The highest BCUT2D eigenvalue weighted by molar-refractivity contribution is 5.85. The Kier molecular flexibility index (Phi) is 5.92. The Balaban J connectivity index is 0.000001000. The minimum atomic E-state index is 0. The van der Waals surface area contributed by atoms with Crippen LogP contribution in [0.2, 0.25) is 0 Å². The van der Waals surface area contributed by atoms with Crippen LogP contribution in [0.4, 0.5) is 0 Å². The molecule has 2 nitrogen and oxygen atoms in total. The molecule has 0 spiro atoms. The fourth-order valence-electron chi connectivity index (χ4n) is 1.60. The fraction of sp³-hybridized carbons (Fsp3) is 1.00. The van der Waals surface area contributed by atoms with Crippen molar-refractivity contribution in [3.8, 4) is 0 Å². The summed E-state index contributed by atoms with van der Waals surface area (Å²) in [6.07, 6.45) is 3.61. The van der Waals surface area contributed by atoms with E-state index in [1.807, 2.05) is 0 Å². The van der Waals surface area contributed by atoms with Gasteiger partial charge in [-0.05, 0) is 32.7 Å². The second kappa shape index (κ2) is 5.81. The van der Waals surface area contributed by atoms with E-state index in [1.54, 1.807) is 0 Å². The van der Waals surface area contributed by atoms with Gasteiger partial charge in [-0.3, -0.25) is 0 Å². The minimum Gasteiger partial charge on any atom is -0.396 e. The number of nitrogens with zero attached hydrogens (tertiary/aromatic N) is 1. The SMILES string of the molecule is C[C@H]1CCCN1CCCO.Cl. The maximum Gasteiger partial charge on any atom is 0.0443 e. The summed E-state index contributed by atoms with van der Waals surface area (Å²) < 4.78 is 0. The first-order valence-corrected chi connectivity index (χ1v) is 4.19. The van der Waals surface area contributed by atoms with Crippen LogP contribution in [0, 0.1) is 0 Å². The van der Waals surface area contributed by atoms with Gasteiger partial charge in [0.05, 0.1) is 0 Å². The third-order valence-corrected chi connectivity index (χ3v) is 2.29. The Morgan fingerprint density at radius 2 is 2.27 bits per heavy atom. The van der Waals surface area contributed by atoms with Gasteiger partial charge < -0.3 is 10.0 Å². The van der Waals surface area contributed by atoms with Crippen LogP contribution < -0.4 is 0 Å². The van der Waals surface area contributed by atoms with Gasteiger partial charge in [0.15, 0.2) is 0 Å². The number of likely N-dealkylation sites (tertiary alicyclic amines) is 1. The van der Waals surface area contributed by atoms with Gasteiger partial charge in [0.1, 0.15) is 0 Å². The van der Waals surface area contributed by atoms with Crippen LogP contribution in [-0.2, 0) is 0 Å². The lowest BCUT2D eigenvalue weighted by Crippen LogP contribution is -2.28. The molecule has 1 aliphatic heterocycles. The molecule has 1 aliphatic rings. The number of rotatable bonds is 3. The first-order valence-electron chi connectivity index (χ1n) is 4.19. The molecule has 0 unspecified atom stereocenters. The zero-order chi connectivity index (χ0) is 7.40. The molecule has 0 aromatic rings. The normalized spacial score (nSPS) is 25.1. The van der Waals surface area contributed by atoms with E-state index in [9.17, 15) is 0 Å². The van der Waals surface area contributed by atoms with E-state index in [0.29, 0.717) is 6.61 Å². The van der Waals surface area contributed by atoms with Crippen molar-refractivity contribution in [1.29, 1.82) is 0 Å². The Bertz CT molecular complexity index is 100. The van der Waals surface area contributed by atoms with E-state index < -0.39 is 0 Å². The highest BCUT2D eigenvalue weighted by Gasteiger charge is 2.18. The van der Waals surface area contributed by atoms with Crippen LogP contribution in [0.3, 0.4) is 0 Å². The van der Waals surface area contributed by atoms with Gasteiger partial charge in [-0.15, -0.1) is 12.4 Å². The molecule has 0 amide bonds. The molecule has 3 heteroatoms. The van der Waals surface area contributed by atoms with Gasteiger partial charge in [-0.25, -0.2) is 0 Å². The van der Waals surface area contributed by atoms with E-state index >= 15 is 0 Å². The van der Waals surface area contributed by atoms with E-state index in [1.165, 1.54) is 19.4 Å². The van der Waals surface area contributed by atoms with Crippen molar-refractivity contribution in [3.63, 3.8) is 0 Å². The summed E-state index contributed by atoms with van der Waals surface area (Å²) in [4.78, 5) is 2.45. The van der Waals surface area contributed by atoms with Crippen molar-refractivity contribution in [2.24, 2.45) is 0 Å². The monoisotopic (exact) mass is 179 g/mol. The third-order valence-electron chi connectivity index (χ3n) is 2.29. The molecule has 1 rings (SSSR count). The van der Waals surface area contributed by atoms with E-state index in [2.05, 4.69) is 11.8 Å². The summed E-state index contributed by atoms with van der Waals surface area (Å²) in [5, 5.41) is 8.59. The fourth-order valence-corrected chi connectivity index (χ4v) is 1.60. The average Bonchev–Trinajstić information content (AvgIpc) is 2.31. The second-order valence-corrected chi connectivity index (χ2v) is 3.10. The number of hydrogen-bond acceptors (Lipinski definition) is 2. The molecular weight excluding hydrogens is 162 g/mol. The highest BCUT2D eigenvalue weighted by atomic mass is 35.5. The van der Waals surface area contributed by atoms with E-state index in [-0.39, 0.29) is 12.4 Å². The quantitative estimate of drug-likeness (QED) is 0.706. The van der Waals surface area contributed by atoms with Gasteiger partial charge >= 0.3 is 0 Å². The molecule has 0 aromatic carbocycles. The van der Waals surface area contributed by atoms with Crippen molar-refractivity contribution < 1.29 is 5.11 Å². The van der Waals surface area contributed by atoms with Crippen LogP contribution in [0.5, 0.6) is 0 Å². The molecule has 1 fully saturated rings. The van der Waals surface area contributed by atoms with E-state index in [0.717, 1.165) is 19.0 Å². The Morgan fingerprint density at radius 3 is 2.73 bits per heavy atom. The van der Waals surface area contributed by atoms with Gasteiger partial charge in [0.25, 0.3) is 0 Å². The molecule has 1 heterocycles. The topological polar surface area (TPSA) is 23.5 Å². The van der Waals surface area contributed by atoms with Crippen molar-refractivity contribution in [3.05, 3.63) is 0 Å². The standard InChI is InChI=1S/C8H17NO.ClH/c1-8-4-2-5-9(8)6-3-7-10;/h8,10H,2-7H2,1H3;1H/t8-;/m0./s1. The van der Waals surface area contributed by atoms with Crippen molar-refractivity contribution in [2.75, 3.05) is 19.7 Å². The maximum absolute atomic E-state index is 8.59. The lowest BCUT2D eigenvalue weighted by atomic mass is 10.2. The molecule has 0 aliphatic carbocycles. The van der Waals surface area contributed by atoms with Gasteiger partial charge in [-0.1, -0.05) is 0 Å². The highest BCUT2D eigenvalue weighted by Crippen LogP contribution is 2.15. The first-order chi connectivity index (χ1) is 4.84. The summed E-state index contributed by atoms with van der Waals surface area (Å²) in [6, 6.07) is 0.756. The van der Waals surface area contributed by atoms with Crippen molar-refractivity contribution >= 4 is 12.4 Å². The lowest BCUT2D eigenvalue weighted by molar-refractivity contribution is 0.220. The number of aliphatic hydroxyl groups excluding tert-OH is 1. The Hall–Kier alpha value is 0.210. The van der Waals surface area contributed by atoms with Crippen LogP contribution in [-0.4, -0.2) is 35.7 Å². The summed E-state index contributed by atoms with van der Waals surface area (Å²) in [5.74, 6) is 0. The van der Waals surface area contributed by atoms with Gasteiger partial charge in [0.2, 0.25) is 0 Å². The number of aliphatic hydroxyl groups is 1. The van der Waals surface area contributed by atoms with Crippen LogP contribution in [0.25, 0.3) is 0 Å². The second-order valence-electron chi connectivity index (χ2n) is 3.10.